The lowest BCUT2D eigenvalue weighted by atomic mass is 10.0. The second kappa shape index (κ2) is 8.92. The van der Waals surface area contributed by atoms with Gasteiger partial charge in [-0.2, -0.15) is 23.4 Å². The summed E-state index contributed by atoms with van der Waals surface area (Å²) in [6, 6.07) is 10.8. The Morgan fingerprint density at radius 3 is 2.35 bits per heavy atom. The third kappa shape index (κ3) is 4.66. The fourth-order valence-electron chi connectivity index (χ4n) is 3.60. The monoisotopic (exact) mass is 470 g/mol. The van der Waals surface area contributed by atoms with Crippen LogP contribution in [0.5, 0.6) is 0 Å². The van der Waals surface area contributed by atoms with Gasteiger partial charge < -0.3 is 5.32 Å². The molecule has 10 heteroatoms. The molecule has 0 radical (unpaired) electrons. The molecule has 1 N–H and O–H groups in total. The third-order valence-electron chi connectivity index (χ3n) is 5.60. The molecule has 1 aromatic carbocycles. The van der Waals surface area contributed by atoms with Gasteiger partial charge in [0.2, 0.25) is 0 Å². The highest BCUT2D eigenvalue weighted by molar-refractivity contribution is 5.93. The van der Waals surface area contributed by atoms with Crippen LogP contribution < -0.4 is 5.32 Å². The molecule has 3 aromatic heterocycles. The van der Waals surface area contributed by atoms with Gasteiger partial charge in [-0.15, -0.1) is 0 Å². The average molecular weight is 470 g/mol. The van der Waals surface area contributed by atoms with Gasteiger partial charge >= 0.3 is 6.18 Å². The number of carbonyl (C=O) groups is 1. The molecule has 0 saturated carbocycles. The van der Waals surface area contributed by atoms with Gasteiger partial charge in [0.05, 0.1) is 17.4 Å². The first-order chi connectivity index (χ1) is 16.1. The van der Waals surface area contributed by atoms with Crippen LogP contribution in [0.3, 0.4) is 0 Å². The number of fused-ring (bicyclic) bond motifs is 1. The highest BCUT2D eigenvalue weighted by Gasteiger charge is 2.35. The molecule has 1 unspecified atom stereocenters. The number of aromatic nitrogens is 5. The molecule has 0 aliphatic heterocycles. The van der Waals surface area contributed by atoms with Crippen LogP contribution in [0.4, 0.5) is 13.2 Å². The number of aryl methyl sites for hydroxylation is 1. The Labute approximate surface area is 194 Å². The lowest BCUT2D eigenvalue weighted by Crippen LogP contribution is -2.27. The van der Waals surface area contributed by atoms with Crippen molar-refractivity contribution in [3.8, 4) is 11.3 Å². The molecule has 3 heterocycles. The maximum atomic E-state index is 13.9. The van der Waals surface area contributed by atoms with E-state index in [1.807, 2.05) is 32.9 Å². The second-order valence-electron chi connectivity index (χ2n) is 8.39. The average Bonchev–Trinajstić information content (AvgIpc) is 3.45. The van der Waals surface area contributed by atoms with E-state index in [1.165, 1.54) is 6.07 Å². The first-order valence-electron chi connectivity index (χ1n) is 11.0. The van der Waals surface area contributed by atoms with E-state index in [1.54, 1.807) is 36.0 Å². The largest absolute Gasteiger partial charge is 0.433 e. The quantitative estimate of drug-likeness (QED) is 0.418. The van der Waals surface area contributed by atoms with E-state index in [2.05, 4.69) is 20.5 Å². The number of alkyl halides is 3. The van der Waals surface area contributed by atoms with Gasteiger partial charge in [-0.1, -0.05) is 38.1 Å². The molecule has 1 atom stereocenters. The molecule has 7 nitrogen and oxygen atoms in total. The predicted octanol–water partition coefficient (Wildman–Crippen LogP) is 5.25. The second-order valence-corrected chi connectivity index (χ2v) is 8.39. The molecule has 178 valence electrons. The summed E-state index contributed by atoms with van der Waals surface area (Å²) in [4.78, 5) is 17.1. The van der Waals surface area contributed by atoms with Crippen molar-refractivity contribution in [1.82, 2.24) is 29.7 Å². The van der Waals surface area contributed by atoms with Gasteiger partial charge in [-0.3, -0.25) is 9.48 Å². The Hall–Kier alpha value is -3.69. The summed E-state index contributed by atoms with van der Waals surface area (Å²) >= 11 is 0. The predicted molar refractivity (Wildman–Crippen MR) is 121 cm³/mol. The number of amides is 1. The highest BCUT2D eigenvalue weighted by Crippen LogP contribution is 2.32. The Balaban J connectivity index is 1.69. The molecular formula is C24H25F3N6O. The summed E-state index contributed by atoms with van der Waals surface area (Å²) in [5, 5.41) is 11.0. The van der Waals surface area contributed by atoms with Gasteiger partial charge in [0, 0.05) is 24.4 Å². The number of benzene rings is 1. The van der Waals surface area contributed by atoms with Crippen LogP contribution >= 0.6 is 0 Å². The van der Waals surface area contributed by atoms with E-state index >= 15 is 0 Å². The van der Waals surface area contributed by atoms with Crippen molar-refractivity contribution in [3.05, 3.63) is 71.3 Å². The van der Waals surface area contributed by atoms with Crippen molar-refractivity contribution in [1.29, 1.82) is 0 Å². The molecule has 34 heavy (non-hydrogen) atoms. The molecule has 0 bridgehead atoms. The van der Waals surface area contributed by atoms with Gasteiger partial charge in [0.1, 0.15) is 0 Å². The molecule has 4 aromatic rings. The maximum Gasteiger partial charge on any atom is 0.433 e. The molecule has 0 spiro atoms. The molecule has 0 aliphatic rings. The van der Waals surface area contributed by atoms with Crippen LogP contribution in [0.25, 0.3) is 16.9 Å². The zero-order valence-electron chi connectivity index (χ0n) is 19.3. The first kappa shape index (κ1) is 23.5. The summed E-state index contributed by atoms with van der Waals surface area (Å²) in [5.74, 6) is -0.316. The maximum absolute atomic E-state index is 13.9. The van der Waals surface area contributed by atoms with Crippen LogP contribution in [0.2, 0.25) is 0 Å². The van der Waals surface area contributed by atoms with Crippen LogP contribution in [0.1, 0.15) is 67.1 Å². The van der Waals surface area contributed by atoms with E-state index in [0.717, 1.165) is 11.6 Å². The van der Waals surface area contributed by atoms with E-state index in [-0.39, 0.29) is 17.0 Å². The van der Waals surface area contributed by atoms with Crippen LogP contribution in [0, 0.1) is 0 Å². The number of nitrogens with zero attached hydrogens (tertiary/aromatic N) is 5. The van der Waals surface area contributed by atoms with Crippen molar-refractivity contribution in [2.45, 2.75) is 52.4 Å². The summed E-state index contributed by atoms with van der Waals surface area (Å²) in [6.45, 7) is 8.44. The van der Waals surface area contributed by atoms with Crippen molar-refractivity contribution < 1.29 is 18.0 Å². The standard InChI is InChI=1S/C24H25F3N6O/c1-5-32-11-10-18(30-32)15(4)28-23(34)20-13-22-29-19(12-21(24(25,26)27)33(22)31-20)17-8-6-16(7-9-17)14(2)3/h6-15H,5H2,1-4H3,(H,28,34). The normalized spacial score (nSPS) is 12.9. The highest BCUT2D eigenvalue weighted by atomic mass is 19.4. The summed E-state index contributed by atoms with van der Waals surface area (Å²) < 4.78 is 44.0. The Morgan fingerprint density at radius 2 is 1.76 bits per heavy atom. The fraction of sp³-hybridized carbons (Fsp3) is 0.333. The lowest BCUT2D eigenvalue weighted by Gasteiger charge is -2.12. The minimum atomic E-state index is -4.69. The Kier molecular flexibility index (Phi) is 6.16. The lowest BCUT2D eigenvalue weighted by molar-refractivity contribution is -0.142. The van der Waals surface area contributed by atoms with Crippen LogP contribution in [-0.2, 0) is 12.7 Å². The number of nitrogens with one attached hydrogen (secondary N) is 1. The fourth-order valence-corrected chi connectivity index (χ4v) is 3.60. The number of carbonyl (C=O) groups excluding carboxylic acids is 1. The molecule has 0 aliphatic carbocycles. The zero-order chi connectivity index (χ0) is 24.6. The van der Waals surface area contributed by atoms with E-state index in [9.17, 15) is 18.0 Å². The van der Waals surface area contributed by atoms with Gasteiger partial charge in [0.25, 0.3) is 5.91 Å². The Bertz CT molecular complexity index is 1320. The first-order valence-corrected chi connectivity index (χ1v) is 11.0. The smallest absolute Gasteiger partial charge is 0.342 e. The summed E-state index contributed by atoms with van der Waals surface area (Å²) in [6.07, 6.45) is -2.90. The van der Waals surface area contributed by atoms with E-state index in [0.29, 0.717) is 28.2 Å². The van der Waals surface area contributed by atoms with Gasteiger partial charge in [-0.05, 0) is 37.5 Å². The van der Waals surface area contributed by atoms with Crippen molar-refractivity contribution in [3.63, 3.8) is 0 Å². The number of hydrogen-bond donors (Lipinski definition) is 1. The number of hydrogen-bond acceptors (Lipinski definition) is 4. The van der Waals surface area contributed by atoms with Crippen LogP contribution in [0.15, 0.2) is 48.7 Å². The topological polar surface area (TPSA) is 77.1 Å². The number of halogens is 3. The number of rotatable bonds is 6. The molecule has 4 rings (SSSR count). The van der Waals surface area contributed by atoms with Crippen molar-refractivity contribution in [2.75, 3.05) is 0 Å². The zero-order valence-corrected chi connectivity index (χ0v) is 19.3. The minimum absolute atomic E-state index is 0.0641. The van der Waals surface area contributed by atoms with Crippen molar-refractivity contribution in [2.24, 2.45) is 0 Å². The van der Waals surface area contributed by atoms with Crippen LogP contribution in [-0.4, -0.2) is 30.3 Å². The summed E-state index contributed by atoms with van der Waals surface area (Å²) in [5.41, 5.74) is 1.18. The van der Waals surface area contributed by atoms with Crippen molar-refractivity contribution >= 4 is 11.6 Å². The summed E-state index contributed by atoms with van der Waals surface area (Å²) in [7, 11) is 0. The minimum Gasteiger partial charge on any atom is -0.342 e. The third-order valence-corrected chi connectivity index (χ3v) is 5.60. The molecule has 0 saturated heterocycles. The van der Waals surface area contributed by atoms with E-state index < -0.39 is 23.8 Å². The van der Waals surface area contributed by atoms with Gasteiger partial charge in [-0.25, -0.2) is 9.50 Å². The van der Waals surface area contributed by atoms with E-state index in [4.69, 9.17) is 0 Å². The molecule has 1 amide bonds. The molecular weight excluding hydrogens is 445 g/mol. The Morgan fingerprint density at radius 1 is 1.06 bits per heavy atom. The van der Waals surface area contributed by atoms with Gasteiger partial charge in [0.15, 0.2) is 17.0 Å². The molecule has 0 fully saturated rings. The SMILES string of the molecule is CCn1ccc(C(C)NC(=O)c2cc3nc(-c4ccc(C(C)C)cc4)cc(C(F)(F)F)n3n2)n1.